The van der Waals surface area contributed by atoms with Crippen LogP contribution in [0.4, 0.5) is 0 Å². The highest BCUT2D eigenvalue weighted by molar-refractivity contribution is 9.10. The zero-order valence-corrected chi connectivity index (χ0v) is 13.2. The minimum absolute atomic E-state index is 0.172. The first-order valence-electron chi connectivity index (χ1n) is 5.76. The molecule has 0 saturated carbocycles. The summed E-state index contributed by atoms with van der Waals surface area (Å²) in [7, 11) is 0. The summed E-state index contributed by atoms with van der Waals surface area (Å²) >= 11 is 9.28. The number of carboxylic acids is 1. The highest BCUT2D eigenvalue weighted by Gasteiger charge is 2.29. The quantitative estimate of drug-likeness (QED) is 0.908. The number of tetrazole rings is 1. The monoisotopic (exact) mass is 358 g/mol. The van der Waals surface area contributed by atoms with E-state index in [1.165, 1.54) is 4.68 Å². The van der Waals surface area contributed by atoms with Gasteiger partial charge in [0.25, 0.3) is 0 Å². The normalized spacial score (nSPS) is 11.6. The van der Waals surface area contributed by atoms with Crippen LogP contribution in [0.1, 0.15) is 13.8 Å². The molecule has 8 heteroatoms. The van der Waals surface area contributed by atoms with Crippen molar-refractivity contribution in [2.45, 2.75) is 20.4 Å². The summed E-state index contributed by atoms with van der Waals surface area (Å²) in [5.41, 5.74) is -0.208. The van der Waals surface area contributed by atoms with Crippen molar-refractivity contribution < 1.29 is 9.90 Å². The molecule has 0 aliphatic carbocycles. The largest absolute Gasteiger partial charge is 0.481 e. The predicted octanol–water partition coefficient (Wildman–Crippen LogP) is 2.87. The van der Waals surface area contributed by atoms with Gasteiger partial charge in [0.2, 0.25) is 0 Å². The Kier molecular flexibility index (Phi) is 4.10. The van der Waals surface area contributed by atoms with E-state index in [4.69, 9.17) is 11.6 Å². The van der Waals surface area contributed by atoms with E-state index < -0.39 is 11.4 Å². The van der Waals surface area contributed by atoms with Crippen LogP contribution in [0.5, 0.6) is 0 Å². The molecule has 106 valence electrons. The fraction of sp³-hybridized carbons (Fsp3) is 0.333. The fourth-order valence-electron chi connectivity index (χ4n) is 1.60. The summed E-state index contributed by atoms with van der Waals surface area (Å²) in [4.78, 5) is 11.2. The number of aliphatic carboxylic acids is 1. The standard InChI is InChI=1S/C12H12BrClN4O2/c1-12(2,11(19)20)6-18-10(15-16-17-18)7-3-4-9(14)8(13)5-7/h3-5H,6H2,1-2H3,(H,19,20). The number of nitrogens with zero attached hydrogens (tertiary/aromatic N) is 4. The topological polar surface area (TPSA) is 80.9 Å². The van der Waals surface area contributed by atoms with E-state index in [0.717, 1.165) is 10.0 Å². The van der Waals surface area contributed by atoms with Gasteiger partial charge in [0.15, 0.2) is 5.82 Å². The molecule has 0 atom stereocenters. The molecule has 20 heavy (non-hydrogen) atoms. The Balaban J connectivity index is 2.38. The zero-order chi connectivity index (χ0) is 14.9. The summed E-state index contributed by atoms with van der Waals surface area (Å²) in [5, 5.41) is 21.2. The Morgan fingerprint density at radius 1 is 1.50 bits per heavy atom. The maximum absolute atomic E-state index is 11.2. The molecule has 0 spiro atoms. The molecule has 0 aliphatic rings. The van der Waals surface area contributed by atoms with Crippen LogP contribution >= 0.6 is 27.5 Å². The molecule has 1 aromatic carbocycles. The minimum Gasteiger partial charge on any atom is -0.481 e. The van der Waals surface area contributed by atoms with Crippen molar-refractivity contribution in [1.29, 1.82) is 0 Å². The number of halogens is 2. The SMILES string of the molecule is CC(C)(Cn1nnnc1-c1ccc(Cl)c(Br)c1)C(=O)O. The third-order valence-corrected chi connectivity index (χ3v) is 4.05. The molecule has 0 saturated heterocycles. The first kappa shape index (κ1) is 14.9. The van der Waals surface area contributed by atoms with Gasteiger partial charge in [-0.3, -0.25) is 4.79 Å². The summed E-state index contributed by atoms with van der Waals surface area (Å²) in [6.07, 6.45) is 0. The third kappa shape index (κ3) is 2.99. The van der Waals surface area contributed by atoms with Gasteiger partial charge in [0.05, 0.1) is 17.0 Å². The van der Waals surface area contributed by atoms with E-state index in [2.05, 4.69) is 31.5 Å². The molecule has 0 unspecified atom stereocenters. The van der Waals surface area contributed by atoms with Crippen LogP contribution in [0.25, 0.3) is 11.4 Å². The average molecular weight is 360 g/mol. The molecule has 1 heterocycles. The Morgan fingerprint density at radius 2 is 2.20 bits per heavy atom. The van der Waals surface area contributed by atoms with Gasteiger partial charge in [-0.05, 0) is 58.4 Å². The first-order valence-corrected chi connectivity index (χ1v) is 6.93. The molecular formula is C12H12BrClN4O2. The summed E-state index contributed by atoms with van der Waals surface area (Å²) < 4.78 is 2.20. The van der Waals surface area contributed by atoms with Gasteiger partial charge in [-0.25, -0.2) is 4.68 Å². The Bertz CT molecular complexity index is 657. The first-order chi connectivity index (χ1) is 9.31. The van der Waals surface area contributed by atoms with Gasteiger partial charge < -0.3 is 5.11 Å². The lowest BCUT2D eigenvalue weighted by Gasteiger charge is -2.19. The highest BCUT2D eigenvalue weighted by atomic mass is 79.9. The lowest BCUT2D eigenvalue weighted by molar-refractivity contribution is -0.147. The van der Waals surface area contributed by atoms with Gasteiger partial charge >= 0.3 is 5.97 Å². The molecule has 2 aromatic rings. The van der Waals surface area contributed by atoms with E-state index >= 15 is 0 Å². The van der Waals surface area contributed by atoms with E-state index in [1.54, 1.807) is 32.0 Å². The van der Waals surface area contributed by atoms with E-state index in [1.807, 2.05) is 0 Å². The molecule has 1 N–H and O–H groups in total. The van der Waals surface area contributed by atoms with Gasteiger partial charge in [-0.15, -0.1) is 5.10 Å². The fourth-order valence-corrected chi connectivity index (χ4v) is 2.09. The maximum Gasteiger partial charge on any atom is 0.310 e. The van der Waals surface area contributed by atoms with Crippen molar-refractivity contribution in [2.75, 3.05) is 0 Å². The van der Waals surface area contributed by atoms with Crippen molar-refractivity contribution in [3.63, 3.8) is 0 Å². The van der Waals surface area contributed by atoms with Crippen molar-refractivity contribution in [1.82, 2.24) is 20.2 Å². The lowest BCUT2D eigenvalue weighted by Crippen LogP contribution is -2.30. The zero-order valence-electron chi connectivity index (χ0n) is 10.8. The van der Waals surface area contributed by atoms with E-state index in [9.17, 15) is 9.90 Å². The van der Waals surface area contributed by atoms with Crippen LogP contribution in [0.2, 0.25) is 5.02 Å². The maximum atomic E-state index is 11.2. The number of benzene rings is 1. The molecule has 0 bridgehead atoms. The van der Waals surface area contributed by atoms with Crippen LogP contribution in [-0.2, 0) is 11.3 Å². The second-order valence-electron chi connectivity index (χ2n) is 4.98. The van der Waals surface area contributed by atoms with Gasteiger partial charge in [-0.1, -0.05) is 11.6 Å². The van der Waals surface area contributed by atoms with Crippen molar-refractivity contribution in [2.24, 2.45) is 5.41 Å². The molecule has 0 amide bonds. The third-order valence-electron chi connectivity index (χ3n) is 2.83. The molecule has 0 aliphatic heterocycles. The van der Waals surface area contributed by atoms with Crippen LogP contribution < -0.4 is 0 Å². The van der Waals surface area contributed by atoms with Crippen molar-refractivity contribution >= 4 is 33.5 Å². The van der Waals surface area contributed by atoms with Crippen LogP contribution in [0, 0.1) is 5.41 Å². The van der Waals surface area contributed by atoms with Crippen LogP contribution in [-0.4, -0.2) is 31.3 Å². The van der Waals surface area contributed by atoms with Gasteiger partial charge in [-0.2, -0.15) is 0 Å². The molecule has 0 radical (unpaired) electrons. The van der Waals surface area contributed by atoms with Crippen molar-refractivity contribution in [3.05, 3.63) is 27.7 Å². The highest BCUT2D eigenvalue weighted by Crippen LogP contribution is 2.28. The molecule has 0 fully saturated rings. The van der Waals surface area contributed by atoms with Gasteiger partial charge in [0.1, 0.15) is 0 Å². The van der Waals surface area contributed by atoms with E-state index in [0.29, 0.717) is 10.8 Å². The summed E-state index contributed by atoms with van der Waals surface area (Å²) in [6.45, 7) is 3.42. The Labute approximate surface area is 128 Å². The number of hydrogen-bond donors (Lipinski definition) is 1. The summed E-state index contributed by atoms with van der Waals surface area (Å²) in [5.74, 6) is -0.409. The molecule has 1 aromatic heterocycles. The number of rotatable bonds is 4. The smallest absolute Gasteiger partial charge is 0.310 e. The molecular weight excluding hydrogens is 348 g/mol. The van der Waals surface area contributed by atoms with Crippen molar-refractivity contribution in [3.8, 4) is 11.4 Å². The van der Waals surface area contributed by atoms with Gasteiger partial charge in [0, 0.05) is 10.0 Å². The second kappa shape index (κ2) is 5.49. The second-order valence-corrected chi connectivity index (χ2v) is 6.24. The Morgan fingerprint density at radius 3 is 2.80 bits per heavy atom. The average Bonchev–Trinajstić information content (AvgIpc) is 2.80. The molecule has 6 nitrogen and oxygen atoms in total. The number of hydrogen-bond acceptors (Lipinski definition) is 4. The number of carboxylic acid groups (broad SMARTS) is 1. The van der Waals surface area contributed by atoms with Crippen LogP contribution in [0.3, 0.4) is 0 Å². The van der Waals surface area contributed by atoms with Crippen LogP contribution in [0.15, 0.2) is 22.7 Å². The summed E-state index contributed by atoms with van der Waals surface area (Å²) in [6, 6.07) is 5.30. The predicted molar refractivity (Wildman–Crippen MR) is 77.4 cm³/mol. The Hall–Kier alpha value is -1.47. The number of carbonyl (C=O) groups is 1. The van der Waals surface area contributed by atoms with E-state index in [-0.39, 0.29) is 6.54 Å². The lowest BCUT2D eigenvalue weighted by atomic mass is 9.94. The number of aromatic nitrogens is 4. The molecule has 2 rings (SSSR count). The minimum atomic E-state index is -0.964.